The molecule has 92 valence electrons. The number of rotatable bonds is 0. The van der Waals surface area contributed by atoms with Crippen molar-refractivity contribution in [2.75, 3.05) is 0 Å². The van der Waals surface area contributed by atoms with Gasteiger partial charge in [-0.05, 0) is 25.7 Å². The molecule has 0 heterocycles. The Morgan fingerprint density at radius 2 is 0.733 bits per heavy atom. The van der Waals surface area contributed by atoms with E-state index in [0.717, 1.165) is 0 Å². The molecule has 0 aromatic carbocycles. The Morgan fingerprint density at radius 3 is 0.867 bits per heavy atom. The molecule has 0 fully saturated rings. The van der Waals surface area contributed by atoms with Crippen LogP contribution in [0.15, 0.2) is 24.3 Å². The van der Waals surface area contributed by atoms with Crippen LogP contribution >= 0.6 is 0 Å². The Morgan fingerprint density at radius 1 is 0.600 bits per heavy atom. The van der Waals surface area contributed by atoms with Crippen molar-refractivity contribution in [3.05, 3.63) is 24.3 Å². The van der Waals surface area contributed by atoms with Crippen molar-refractivity contribution in [3.8, 4) is 0 Å². The quantitative estimate of drug-likeness (QED) is 0.409. The fraction of sp³-hybridized carbons (Fsp3) is 0.714. The van der Waals surface area contributed by atoms with Gasteiger partial charge in [0.2, 0.25) is 0 Å². The molecule has 0 nitrogen and oxygen atoms in total. The summed E-state index contributed by atoms with van der Waals surface area (Å²) < 4.78 is 0. The normalized spacial score (nSPS) is 13.1. The molecule has 0 atom stereocenters. The fourth-order valence-electron chi connectivity index (χ4n) is 0.856. The molecule has 0 aliphatic heterocycles. The standard InChI is InChI=1S/C8H12.2C3H8.Ru/c1-2-4-6-8-7-5-3-1;2*1-3-2;/h1-2,7-8H,3-6H2;2*3H2,1-2H3;. The van der Waals surface area contributed by atoms with Gasteiger partial charge >= 0.3 is 0 Å². The molecule has 1 heteroatoms. The van der Waals surface area contributed by atoms with Crippen LogP contribution in [0.25, 0.3) is 0 Å². The molecule has 15 heavy (non-hydrogen) atoms. The molecule has 0 aromatic rings. The summed E-state index contributed by atoms with van der Waals surface area (Å²) in [6.45, 7) is 8.50. The van der Waals surface area contributed by atoms with E-state index in [1.165, 1.54) is 38.5 Å². The van der Waals surface area contributed by atoms with Crippen molar-refractivity contribution in [2.24, 2.45) is 0 Å². The van der Waals surface area contributed by atoms with Gasteiger partial charge in [-0.1, -0.05) is 64.8 Å². The molecule has 1 rings (SSSR count). The van der Waals surface area contributed by atoms with Crippen LogP contribution in [0.4, 0.5) is 0 Å². The molecule has 0 saturated heterocycles. The maximum atomic E-state index is 2.27. The minimum Gasteiger partial charge on any atom is -0.0882 e. The van der Waals surface area contributed by atoms with Gasteiger partial charge in [-0.25, -0.2) is 0 Å². The zero-order valence-electron chi connectivity index (χ0n) is 10.9. The Hall–Kier alpha value is 0.103. The van der Waals surface area contributed by atoms with Gasteiger partial charge in [-0.15, -0.1) is 0 Å². The predicted octanol–water partition coefficient (Wildman–Crippen LogP) is 5.50. The minimum absolute atomic E-state index is 0. The molecular weight excluding hydrogens is 269 g/mol. The molecule has 0 amide bonds. The summed E-state index contributed by atoms with van der Waals surface area (Å²) in [6, 6.07) is 0. The van der Waals surface area contributed by atoms with E-state index in [1.54, 1.807) is 0 Å². The van der Waals surface area contributed by atoms with Gasteiger partial charge in [0, 0.05) is 19.5 Å². The van der Waals surface area contributed by atoms with Gasteiger partial charge in [0.1, 0.15) is 0 Å². The van der Waals surface area contributed by atoms with E-state index in [4.69, 9.17) is 0 Å². The smallest absolute Gasteiger partial charge is 0 e. The summed E-state index contributed by atoms with van der Waals surface area (Å²) in [5.74, 6) is 0. The second kappa shape index (κ2) is 23.7. The third-order valence-corrected chi connectivity index (χ3v) is 1.33. The summed E-state index contributed by atoms with van der Waals surface area (Å²) in [6.07, 6.45) is 16.5. The Kier molecular flexibility index (Phi) is 32.4. The van der Waals surface area contributed by atoms with Crippen molar-refractivity contribution >= 4 is 0 Å². The van der Waals surface area contributed by atoms with E-state index < -0.39 is 0 Å². The van der Waals surface area contributed by atoms with Crippen molar-refractivity contribution in [1.82, 2.24) is 0 Å². The molecule has 1 aliphatic rings. The summed E-state index contributed by atoms with van der Waals surface area (Å²) in [5, 5.41) is 0. The van der Waals surface area contributed by atoms with Crippen molar-refractivity contribution in [1.29, 1.82) is 0 Å². The zero-order valence-corrected chi connectivity index (χ0v) is 12.6. The van der Waals surface area contributed by atoms with Gasteiger partial charge in [0.15, 0.2) is 0 Å². The molecule has 0 bridgehead atoms. The molecule has 0 radical (unpaired) electrons. The van der Waals surface area contributed by atoms with Crippen LogP contribution in [0.1, 0.15) is 66.2 Å². The summed E-state index contributed by atoms with van der Waals surface area (Å²) in [7, 11) is 0. The van der Waals surface area contributed by atoms with E-state index in [0.29, 0.717) is 0 Å². The maximum absolute atomic E-state index is 2.27. The first kappa shape index (κ1) is 20.5. The van der Waals surface area contributed by atoms with Crippen LogP contribution < -0.4 is 0 Å². The first-order valence-electron chi connectivity index (χ1n) is 6.13. The van der Waals surface area contributed by atoms with E-state index >= 15 is 0 Å². The monoisotopic (exact) mass is 298 g/mol. The maximum Gasteiger partial charge on any atom is 0 e. The van der Waals surface area contributed by atoms with E-state index in [-0.39, 0.29) is 19.5 Å². The molecule has 0 N–H and O–H groups in total. The first-order valence-corrected chi connectivity index (χ1v) is 6.13. The van der Waals surface area contributed by atoms with E-state index in [1.807, 2.05) is 0 Å². The van der Waals surface area contributed by atoms with Crippen molar-refractivity contribution in [3.63, 3.8) is 0 Å². The van der Waals surface area contributed by atoms with Gasteiger partial charge in [0.05, 0.1) is 0 Å². The minimum atomic E-state index is 0. The van der Waals surface area contributed by atoms with Crippen LogP contribution in [0.5, 0.6) is 0 Å². The van der Waals surface area contributed by atoms with E-state index in [2.05, 4.69) is 52.0 Å². The van der Waals surface area contributed by atoms with Crippen LogP contribution in [-0.4, -0.2) is 0 Å². The third kappa shape index (κ3) is 31.5. The Labute approximate surface area is 110 Å². The molecule has 0 unspecified atom stereocenters. The second-order valence-corrected chi connectivity index (χ2v) is 3.51. The van der Waals surface area contributed by atoms with Gasteiger partial charge in [-0.2, -0.15) is 0 Å². The second-order valence-electron chi connectivity index (χ2n) is 3.51. The van der Waals surface area contributed by atoms with Crippen molar-refractivity contribution in [2.45, 2.75) is 66.2 Å². The largest absolute Gasteiger partial charge is 0.0882 e. The molecule has 0 spiro atoms. The van der Waals surface area contributed by atoms with Gasteiger partial charge < -0.3 is 0 Å². The predicted molar refractivity (Wildman–Crippen MR) is 68.7 cm³/mol. The van der Waals surface area contributed by atoms with Crippen LogP contribution in [0.3, 0.4) is 0 Å². The topological polar surface area (TPSA) is 0 Å². The van der Waals surface area contributed by atoms with Crippen LogP contribution in [-0.2, 0) is 19.5 Å². The first-order chi connectivity index (χ1) is 6.83. The van der Waals surface area contributed by atoms with Gasteiger partial charge in [-0.3, -0.25) is 0 Å². The number of hydrogen-bond acceptors (Lipinski definition) is 0. The van der Waals surface area contributed by atoms with Crippen molar-refractivity contribution < 1.29 is 19.5 Å². The van der Waals surface area contributed by atoms with Gasteiger partial charge in [0.25, 0.3) is 0 Å². The fourth-order valence-corrected chi connectivity index (χ4v) is 0.856. The van der Waals surface area contributed by atoms with Crippen LogP contribution in [0, 0.1) is 0 Å². The summed E-state index contributed by atoms with van der Waals surface area (Å²) in [4.78, 5) is 0. The summed E-state index contributed by atoms with van der Waals surface area (Å²) in [5.41, 5.74) is 0. The summed E-state index contributed by atoms with van der Waals surface area (Å²) >= 11 is 0. The average molecular weight is 297 g/mol. The number of hydrogen-bond donors (Lipinski definition) is 0. The van der Waals surface area contributed by atoms with E-state index in [9.17, 15) is 0 Å². The van der Waals surface area contributed by atoms with Crippen LogP contribution in [0.2, 0.25) is 0 Å². The SMILES string of the molecule is C1=CCCC=CCC1.CCC.CCC.[Ru]. The molecular formula is C14H28Ru. The number of allylic oxidation sites excluding steroid dienone is 4. The zero-order chi connectivity index (χ0) is 11.1. The Bertz CT molecular complexity index is 97.3. The third-order valence-electron chi connectivity index (χ3n) is 1.33. The molecule has 1 aliphatic carbocycles. The molecule has 0 saturated carbocycles. The molecule has 0 aromatic heterocycles. The average Bonchev–Trinajstić information content (AvgIpc) is 2.04. The Balaban J connectivity index is -0.000000177.